The lowest BCUT2D eigenvalue weighted by atomic mass is 9.98. The average Bonchev–Trinajstić information content (AvgIpc) is 2.65. The summed E-state index contributed by atoms with van der Waals surface area (Å²) in [4.78, 5) is 14.4. The van der Waals surface area contributed by atoms with Gasteiger partial charge in [0.2, 0.25) is 10.0 Å². The van der Waals surface area contributed by atoms with Crippen molar-refractivity contribution in [1.29, 1.82) is 0 Å². The van der Waals surface area contributed by atoms with Crippen LogP contribution in [0.3, 0.4) is 0 Å². The summed E-state index contributed by atoms with van der Waals surface area (Å²) in [6.45, 7) is 12.0. The van der Waals surface area contributed by atoms with Gasteiger partial charge in [0.05, 0.1) is 11.8 Å². The van der Waals surface area contributed by atoms with Crippen molar-refractivity contribution in [3.63, 3.8) is 0 Å². The lowest BCUT2D eigenvalue weighted by molar-refractivity contribution is -0.00139. The van der Waals surface area contributed by atoms with Crippen molar-refractivity contribution in [2.24, 2.45) is 0 Å². The molecule has 1 N–H and O–H groups in total. The van der Waals surface area contributed by atoms with Crippen molar-refractivity contribution < 1.29 is 22.7 Å². The van der Waals surface area contributed by atoms with Crippen LogP contribution in [0.25, 0.3) is 0 Å². The first-order valence-electron chi connectivity index (χ1n) is 10.6. The number of ether oxygens (including phenoxy) is 2. The number of benzene rings is 1. The van der Waals surface area contributed by atoms with Crippen LogP contribution in [0, 0.1) is 0 Å². The first-order valence-corrected chi connectivity index (χ1v) is 12.3. The Balaban J connectivity index is 2.20. The molecule has 170 valence electrons. The van der Waals surface area contributed by atoms with Crippen molar-refractivity contribution in [2.45, 2.75) is 78.0 Å². The molecular weight excluding hydrogens is 404 g/mol. The molecule has 0 aromatic heterocycles. The van der Waals surface area contributed by atoms with Gasteiger partial charge in [0.1, 0.15) is 18.0 Å². The highest BCUT2D eigenvalue weighted by Gasteiger charge is 2.38. The van der Waals surface area contributed by atoms with Gasteiger partial charge in [-0.1, -0.05) is 26.0 Å². The van der Waals surface area contributed by atoms with E-state index in [1.54, 1.807) is 11.8 Å². The zero-order valence-electron chi connectivity index (χ0n) is 19.0. The third-order valence-corrected chi connectivity index (χ3v) is 6.51. The molecule has 2 rings (SSSR count). The second kappa shape index (κ2) is 10.0. The maximum absolute atomic E-state index is 12.8. The van der Waals surface area contributed by atoms with Crippen LogP contribution in [0.2, 0.25) is 0 Å². The maximum atomic E-state index is 12.8. The van der Waals surface area contributed by atoms with Gasteiger partial charge in [-0.3, -0.25) is 0 Å². The summed E-state index contributed by atoms with van der Waals surface area (Å²) >= 11 is 0. The molecule has 0 radical (unpaired) electrons. The van der Waals surface area contributed by atoms with Gasteiger partial charge in [-0.05, 0) is 64.2 Å². The zero-order chi connectivity index (χ0) is 22.5. The second-order valence-corrected chi connectivity index (χ2v) is 11.1. The second-order valence-electron chi connectivity index (χ2n) is 9.05. The highest BCUT2D eigenvalue weighted by atomic mass is 32.2. The minimum absolute atomic E-state index is 0.0137. The van der Waals surface area contributed by atoms with E-state index < -0.39 is 33.8 Å². The summed E-state index contributed by atoms with van der Waals surface area (Å²) < 4.78 is 38.7. The maximum Gasteiger partial charge on any atom is 0.410 e. The number of nitrogens with zero attached hydrogens (tertiary/aromatic N) is 1. The molecule has 1 fully saturated rings. The summed E-state index contributed by atoms with van der Waals surface area (Å²) in [6.07, 6.45) is 0.876. The van der Waals surface area contributed by atoms with Crippen LogP contribution in [-0.2, 0) is 14.8 Å². The largest absolute Gasteiger partial charge is 0.491 e. The third-order valence-electron chi connectivity index (χ3n) is 5.09. The molecule has 1 aliphatic rings. The summed E-state index contributed by atoms with van der Waals surface area (Å²) in [6, 6.07) is 6.96. The molecule has 1 amide bonds. The molecule has 30 heavy (non-hydrogen) atoms. The Morgan fingerprint density at radius 2 is 1.87 bits per heavy atom. The van der Waals surface area contributed by atoms with E-state index in [4.69, 9.17) is 9.47 Å². The summed E-state index contributed by atoms with van der Waals surface area (Å²) in [7, 11) is -3.42. The third kappa shape index (κ3) is 7.16. The number of amides is 1. The number of nitrogens with one attached hydrogen (secondary N) is 1. The minimum atomic E-state index is -3.42. The van der Waals surface area contributed by atoms with Crippen molar-refractivity contribution in [2.75, 3.05) is 18.9 Å². The van der Waals surface area contributed by atoms with Gasteiger partial charge in [-0.2, -0.15) is 0 Å². The number of hydrogen-bond acceptors (Lipinski definition) is 5. The number of carbonyl (C=O) groups is 1. The monoisotopic (exact) mass is 440 g/mol. The molecule has 8 heteroatoms. The molecule has 0 unspecified atom stereocenters. The highest BCUT2D eigenvalue weighted by molar-refractivity contribution is 7.89. The fourth-order valence-corrected chi connectivity index (χ4v) is 4.30. The molecule has 0 spiro atoms. The Morgan fingerprint density at radius 3 is 2.40 bits per heavy atom. The summed E-state index contributed by atoms with van der Waals surface area (Å²) in [5.74, 6) is 1.10. The van der Waals surface area contributed by atoms with Gasteiger partial charge in [0.25, 0.3) is 0 Å². The van der Waals surface area contributed by atoms with E-state index in [9.17, 15) is 13.2 Å². The topological polar surface area (TPSA) is 84.9 Å². The van der Waals surface area contributed by atoms with Crippen LogP contribution in [0.15, 0.2) is 24.3 Å². The minimum Gasteiger partial charge on any atom is -0.491 e. The normalized spacial score (nSPS) is 20.3. The fraction of sp³-hybridized carbons (Fsp3) is 0.682. The highest BCUT2D eigenvalue weighted by Crippen LogP contribution is 2.24. The van der Waals surface area contributed by atoms with E-state index in [0.717, 1.165) is 0 Å². The molecule has 1 aromatic carbocycles. The smallest absolute Gasteiger partial charge is 0.410 e. The number of carbonyl (C=O) groups excluding carboxylic acids is 1. The molecule has 1 aliphatic heterocycles. The number of sulfonamides is 1. The van der Waals surface area contributed by atoms with Gasteiger partial charge < -0.3 is 14.4 Å². The van der Waals surface area contributed by atoms with Crippen LogP contribution in [0.1, 0.15) is 65.9 Å². The Kier molecular flexibility index (Phi) is 8.16. The number of hydrogen-bond donors (Lipinski definition) is 1. The van der Waals surface area contributed by atoms with Crippen LogP contribution >= 0.6 is 0 Å². The molecule has 0 aliphatic carbocycles. The zero-order valence-corrected chi connectivity index (χ0v) is 19.8. The number of rotatable bonds is 7. The Bertz CT molecular complexity index is 800. The molecular formula is C22H36N2O5S. The van der Waals surface area contributed by atoms with Crippen LogP contribution < -0.4 is 9.46 Å². The molecule has 1 heterocycles. The van der Waals surface area contributed by atoms with Gasteiger partial charge in [-0.25, -0.2) is 17.9 Å². The lowest BCUT2D eigenvalue weighted by Crippen LogP contribution is -2.60. The lowest BCUT2D eigenvalue weighted by Gasteiger charge is -2.41. The first-order chi connectivity index (χ1) is 13.9. The van der Waals surface area contributed by atoms with Crippen LogP contribution in [0.4, 0.5) is 4.79 Å². The van der Waals surface area contributed by atoms with E-state index in [-0.39, 0.29) is 12.4 Å². The Labute approximate surface area is 181 Å². The van der Waals surface area contributed by atoms with Gasteiger partial charge >= 0.3 is 6.09 Å². The molecule has 0 saturated carbocycles. The van der Waals surface area contributed by atoms with Crippen molar-refractivity contribution in [3.05, 3.63) is 29.8 Å². The van der Waals surface area contributed by atoms with Crippen molar-refractivity contribution in [3.8, 4) is 5.75 Å². The number of likely N-dealkylation sites (tertiary alicyclic amines) is 1. The molecule has 1 aromatic rings. The van der Waals surface area contributed by atoms with Crippen LogP contribution in [0.5, 0.6) is 5.75 Å². The van der Waals surface area contributed by atoms with Gasteiger partial charge in [0, 0.05) is 12.6 Å². The predicted molar refractivity (Wildman–Crippen MR) is 118 cm³/mol. The molecule has 1 saturated heterocycles. The van der Waals surface area contributed by atoms with E-state index in [2.05, 4.69) is 18.6 Å². The average molecular weight is 441 g/mol. The fourth-order valence-electron chi connectivity index (χ4n) is 3.39. The first kappa shape index (κ1) is 24.5. The van der Waals surface area contributed by atoms with E-state index in [0.29, 0.717) is 31.1 Å². The van der Waals surface area contributed by atoms with Crippen LogP contribution in [-0.4, -0.2) is 56.0 Å². The summed E-state index contributed by atoms with van der Waals surface area (Å²) in [5, 5.41) is 0. The van der Waals surface area contributed by atoms with Gasteiger partial charge in [-0.15, -0.1) is 0 Å². The van der Waals surface area contributed by atoms with E-state index in [1.807, 2.05) is 45.0 Å². The quantitative estimate of drug-likeness (QED) is 0.695. The summed E-state index contributed by atoms with van der Waals surface area (Å²) in [5.41, 5.74) is 0.578. The predicted octanol–water partition coefficient (Wildman–Crippen LogP) is 3.90. The van der Waals surface area contributed by atoms with Crippen molar-refractivity contribution >= 4 is 16.1 Å². The number of piperidine rings is 1. The van der Waals surface area contributed by atoms with E-state index in [1.165, 1.54) is 5.56 Å². The molecule has 7 nitrogen and oxygen atoms in total. The van der Waals surface area contributed by atoms with E-state index >= 15 is 0 Å². The molecule has 2 atom stereocenters. The SMILES string of the molecule is CCS(=O)(=O)N[C@H]1CCCN(C(=O)OC(C)(C)C)[C@@H]1COc1ccc(C(C)C)cc1. The van der Waals surface area contributed by atoms with Crippen molar-refractivity contribution in [1.82, 2.24) is 9.62 Å². The Hall–Kier alpha value is -1.80. The van der Waals surface area contributed by atoms with Gasteiger partial charge in [0.15, 0.2) is 0 Å². The Morgan fingerprint density at radius 1 is 1.23 bits per heavy atom. The molecule has 0 bridgehead atoms. The standard InChI is InChI=1S/C22H36N2O5S/c1-7-30(26,27)23-19-9-8-14-24(21(25)29-22(4,5)6)20(19)15-28-18-12-10-17(11-13-18)16(2)3/h10-13,16,19-20,23H,7-9,14-15H2,1-6H3/t19-,20+/m0/s1.